The lowest BCUT2D eigenvalue weighted by atomic mass is 10.2. The maximum atomic E-state index is 5.72. The van der Waals surface area contributed by atoms with Crippen LogP contribution in [-0.2, 0) is 13.1 Å². The van der Waals surface area contributed by atoms with Crippen molar-refractivity contribution in [3.63, 3.8) is 0 Å². The van der Waals surface area contributed by atoms with E-state index in [0.717, 1.165) is 49.9 Å². The number of ether oxygens (including phenoxy) is 1. The molecule has 6 heteroatoms. The zero-order valence-electron chi connectivity index (χ0n) is 16.1. The number of aromatic nitrogens is 2. The molecule has 0 amide bonds. The smallest absolute Gasteiger partial charge is 0.191 e. The third kappa shape index (κ3) is 7.59. The van der Waals surface area contributed by atoms with Crippen LogP contribution in [0.4, 0.5) is 0 Å². The van der Waals surface area contributed by atoms with E-state index in [0.29, 0.717) is 12.5 Å². The fourth-order valence-electron chi connectivity index (χ4n) is 2.35. The lowest BCUT2D eigenvalue weighted by molar-refractivity contribution is 0.271. The number of nitrogens with one attached hydrogen (secondary N) is 2. The van der Waals surface area contributed by atoms with E-state index in [4.69, 9.17) is 4.74 Å². The summed E-state index contributed by atoms with van der Waals surface area (Å²) in [6, 6.07) is 10.1. The Bertz CT molecular complexity index is 635. The fourth-order valence-corrected chi connectivity index (χ4v) is 2.35. The first-order valence-electron chi connectivity index (χ1n) is 9.38. The van der Waals surface area contributed by atoms with Crippen LogP contribution in [-0.4, -0.2) is 35.4 Å². The Kier molecular flexibility index (Phi) is 8.52. The van der Waals surface area contributed by atoms with Crippen molar-refractivity contribution < 1.29 is 4.74 Å². The highest BCUT2D eigenvalue weighted by atomic mass is 16.5. The number of benzene rings is 1. The average molecular weight is 358 g/mol. The van der Waals surface area contributed by atoms with Crippen molar-refractivity contribution in [2.24, 2.45) is 10.9 Å². The van der Waals surface area contributed by atoms with Crippen LogP contribution in [0.15, 0.2) is 47.7 Å². The van der Waals surface area contributed by atoms with Crippen LogP contribution >= 0.6 is 0 Å². The van der Waals surface area contributed by atoms with E-state index in [9.17, 15) is 0 Å². The van der Waals surface area contributed by atoms with Crippen molar-refractivity contribution in [2.75, 3.05) is 19.7 Å². The maximum Gasteiger partial charge on any atom is 0.191 e. The number of nitrogens with zero attached hydrogens (tertiary/aromatic N) is 3. The minimum absolute atomic E-state index is 0.529. The van der Waals surface area contributed by atoms with Gasteiger partial charge in [-0.1, -0.05) is 26.0 Å². The van der Waals surface area contributed by atoms with Crippen molar-refractivity contribution in [3.05, 3.63) is 48.3 Å². The van der Waals surface area contributed by atoms with Crippen molar-refractivity contribution in [1.29, 1.82) is 0 Å². The highest BCUT2D eigenvalue weighted by Crippen LogP contribution is 2.13. The number of aliphatic imine (C=N–C) groups is 1. The van der Waals surface area contributed by atoms with Gasteiger partial charge >= 0.3 is 0 Å². The third-order valence-corrected chi connectivity index (χ3v) is 3.69. The van der Waals surface area contributed by atoms with Gasteiger partial charge in [-0.15, -0.1) is 0 Å². The molecule has 0 atom stereocenters. The second-order valence-corrected chi connectivity index (χ2v) is 6.59. The van der Waals surface area contributed by atoms with Crippen LogP contribution in [0.1, 0.15) is 32.8 Å². The van der Waals surface area contributed by atoms with E-state index < -0.39 is 0 Å². The Balaban J connectivity index is 1.77. The fraction of sp³-hybridized carbons (Fsp3) is 0.500. The van der Waals surface area contributed by atoms with Gasteiger partial charge in [-0.25, -0.2) is 4.99 Å². The molecule has 0 aliphatic heterocycles. The molecule has 0 unspecified atom stereocenters. The van der Waals surface area contributed by atoms with E-state index in [1.54, 1.807) is 6.20 Å². The average Bonchev–Trinajstić information content (AvgIpc) is 3.15. The molecular formula is C20H31N5O. The molecule has 0 bridgehead atoms. The minimum atomic E-state index is 0.529. The lowest BCUT2D eigenvalue weighted by Crippen LogP contribution is -2.38. The molecule has 2 aromatic rings. The third-order valence-electron chi connectivity index (χ3n) is 3.69. The largest absolute Gasteiger partial charge is 0.493 e. The maximum absolute atomic E-state index is 5.72. The van der Waals surface area contributed by atoms with Gasteiger partial charge in [0.1, 0.15) is 5.75 Å². The molecule has 0 spiro atoms. The van der Waals surface area contributed by atoms with Crippen LogP contribution < -0.4 is 15.4 Å². The summed E-state index contributed by atoms with van der Waals surface area (Å²) in [5.74, 6) is 2.28. The molecule has 0 saturated heterocycles. The summed E-state index contributed by atoms with van der Waals surface area (Å²) in [6.45, 7) is 10.3. The van der Waals surface area contributed by atoms with E-state index in [1.807, 2.05) is 29.1 Å². The Morgan fingerprint density at radius 2 is 2.04 bits per heavy atom. The summed E-state index contributed by atoms with van der Waals surface area (Å²) < 4.78 is 7.65. The van der Waals surface area contributed by atoms with Crippen LogP contribution in [0, 0.1) is 5.92 Å². The van der Waals surface area contributed by atoms with E-state index in [1.165, 1.54) is 0 Å². The van der Waals surface area contributed by atoms with Gasteiger partial charge in [0, 0.05) is 32.0 Å². The monoisotopic (exact) mass is 357 g/mol. The van der Waals surface area contributed by atoms with Crippen LogP contribution in [0.2, 0.25) is 0 Å². The lowest BCUT2D eigenvalue weighted by Gasteiger charge is -2.12. The highest BCUT2D eigenvalue weighted by molar-refractivity contribution is 5.79. The summed E-state index contributed by atoms with van der Waals surface area (Å²) in [6.07, 6.45) is 4.78. The van der Waals surface area contributed by atoms with Gasteiger partial charge in [0.25, 0.3) is 0 Å². The summed E-state index contributed by atoms with van der Waals surface area (Å²) in [4.78, 5) is 4.65. The molecule has 0 saturated carbocycles. The number of aryl methyl sites for hydroxylation is 1. The molecule has 1 aromatic heterocycles. The van der Waals surface area contributed by atoms with Gasteiger partial charge in [-0.2, -0.15) is 5.10 Å². The first-order chi connectivity index (χ1) is 12.7. The second-order valence-electron chi connectivity index (χ2n) is 6.59. The summed E-state index contributed by atoms with van der Waals surface area (Å²) in [5, 5.41) is 10.9. The summed E-state index contributed by atoms with van der Waals surface area (Å²) >= 11 is 0. The molecule has 2 rings (SSSR count). The van der Waals surface area contributed by atoms with Crippen LogP contribution in [0.25, 0.3) is 0 Å². The molecule has 142 valence electrons. The Labute approximate surface area is 156 Å². The Morgan fingerprint density at radius 3 is 2.69 bits per heavy atom. The molecule has 1 aromatic carbocycles. The molecule has 0 fully saturated rings. The summed E-state index contributed by atoms with van der Waals surface area (Å²) in [7, 11) is 0. The minimum Gasteiger partial charge on any atom is -0.493 e. The van der Waals surface area contributed by atoms with Crippen molar-refractivity contribution in [3.8, 4) is 5.75 Å². The van der Waals surface area contributed by atoms with Gasteiger partial charge < -0.3 is 15.4 Å². The van der Waals surface area contributed by atoms with Crippen molar-refractivity contribution in [2.45, 2.75) is 40.3 Å². The SMILES string of the molecule is CCNC(=NCc1ccc(OCC(C)C)cc1)NCCCn1cccn1. The molecule has 0 aliphatic carbocycles. The van der Waals surface area contributed by atoms with E-state index in [-0.39, 0.29) is 0 Å². The highest BCUT2D eigenvalue weighted by Gasteiger charge is 2.00. The second kappa shape index (κ2) is 11.2. The van der Waals surface area contributed by atoms with Crippen molar-refractivity contribution in [1.82, 2.24) is 20.4 Å². The first kappa shape index (κ1) is 19.8. The molecule has 0 aliphatic rings. The number of hydrogen-bond acceptors (Lipinski definition) is 3. The quantitative estimate of drug-likeness (QED) is 0.390. The van der Waals surface area contributed by atoms with Gasteiger partial charge in [-0.3, -0.25) is 4.68 Å². The predicted molar refractivity (Wildman–Crippen MR) is 106 cm³/mol. The molecule has 1 heterocycles. The molecule has 6 nitrogen and oxygen atoms in total. The van der Waals surface area contributed by atoms with E-state index in [2.05, 4.69) is 53.6 Å². The number of rotatable bonds is 10. The zero-order chi connectivity index (χ0) is 18.6. The Morgan fingerprint density at radius 1 is 1.23 bits per heavy atom. The molecule has 26 heavy (non-hydrogen) atoms. The molecule has 0 radical (unpaired) electrons. The Hall–Kier alpha value is -2.50. The van der Waals surface area contributed by atoms with Crippen LogP contribution in [0.5, 0.6) is 5.75 Å². The van der Waals surface area contributed by atoms with Crippen molar-refractivity contribution >= 4 is 5.96 Å². The van der Waals surface area contributed by atoms with Gasteiger partial charge in [-0.05, 0) is 43.0 Å². The molecular weight excluding hydrogens is 326 g/mol. The molecule has 2 N–H and O–H groups in total. The van der Waals surface area contributed by atoms with Gasteiger partial charge in [0.2, 0.25) is 0 Å². The van der Waals surface area contributed by atoms with Crippen LogP contribution in [0.3, 0.4) is 0 Å². The number of guanidine groups is 1. The topological polar surface area (TPSA) is 63.5 Å². The normalized spacial score (nSPS) is 11.6. The van der Waals surface area contributed by atoms with Gasteiger partial charge in [0.05, 0.1) is 13.2 Å². The van der Waals surface area contributed by atoms with Gasteiger partial charge in [0.15, 0.2) is 5.96 Å². The predicted octanol–water partition coefficient (Wildman–Crippen LogP) is 3.06. The standard InChI is InChI=1S/C20H31N5O/c1-4-21-20(22-11-5-13-25-14-6-12-24-25)23-15-18-7-9-19(10-8-18)26-16-17(2)3/h6-10,12,14,17H,4-5,11,13,15-16H2,1-3H3,(H2,21,22,23). The first-order valence-corrected chi connectivity index (χ1v) is 9.38. The zero-order valence-corrected chi connectivity index (χ0v) is 16.1. The summed E-state index contributed by atoms with van der Waals surface area (Å²) in [5.41, 5.74) is 1.16. The number of hydrogen-bond donors (Lipinski definition) is 2. The van der Waals surface area contributed by atoms with E-state index >= 15 is 0 Å².